The Kier molecular flexibility index (Phi) is 3.34. The van der Waals surface area contributed by atoms with Crippen molar-refractivity contribution in [2.75, 3.05) is 5.32 Å². The second-order valence-electron chi connectivity index (χ2n) is 4.28. The number of nitrogens with two attached hydrogens (primary N) is 1. The Morgan fingerprint density at radius 2 is 2.11 bits per heavy atom. The van der Waals surface area contributed by atoms with Gasteiger partial charge in [-0.05, 0) is 25.5 Å². The minimum Gasteiger partial charge on any atom is -0.389 e. The highest BCUT2D eigenvalue weighted by atomic mass is 32.1. The van der Waals surface area contributed by atoms with Gasteiger partial charge in [0.05, 0.1) is 11.4 Å². The van der Waals surface area contributed by atoms with Crippen LogP contribution in [0, 0.1) is 13.8 Å². The zero-order valence-corrected chi connectivity index (χ0v) is 11.5. The van der Waals surface area contributed by atoms with E-state index in [1.54, 1.807) is 4.68 Å². The fraction of sp³-hybridized carbons (Fsp3) is 0.231. The van der Waals surface area contributed by atoms with Crippen LogP contribution < -0.4 is 11.1 Å². The third-order valence-corrected chi connectivity index (χ3v) is 3.01. The lowest BCUT2D eigenvalue weighted by atomic mass is 10.1. The van der Waals surface area contributed by atoms with E-state index in [1.807, 2.05) is 45.2 Å². The molecule has 5 heteroatoms. The highest BCUT2D eigenvalue weighted by Crippen LogP contribution is 2.25. The molecule has 0 aliphatic carbocycles. The van der Waals surface area contributed by atoms with Gasteiger partial charge >= 0.3 is 0 Å². The number of anilines is 2. The Morgan fingerprint density at radius 3 is 2.67 bits per heavy atom. The van der Waals surface area contributed by atoms with E-state index in [9.17, 15) is 0 Å². The molecule has 4 nitrogen and oxygen atoms in total. The lowest BCUT2D eigenvalue weighted by molar-refractivity contribution is 0.765. The number of rotatable bonds is 3. The molecule has 0 amide bonds. The number of nitrogens with zero attached hydrogens (tertiary/aromatic N) is 2. The average Bonchev–Trinajstić information content (AvgIpc) is 2.60. The molecule has 0 radical (unpaired) electrons. The van der Waals surface area contributed by atoms with Gasteiger partial charge in [-0.1, -0.05) is 24.4 Å². The van der Waals surface area contributed by atoms with Crippen molar-refractivity contribution in [3.63, 3.8) is 0 Å². The number of hydrogen-bond donors (Lipinski definition) is 2. The molecule has 0 atom stereocenters. The molecule has 1 aromatic carbocycles. The van der Waals surface area contributed by atoms with Gasteiger partial charge in [0.2, 0.25) is 0 Å². The third-order valence-electron chi connectivity index (χ3n) is 2.79. The fourth-order valence-electron chi connectivity index (χ4n) is 1.89. The van der Waals surface area contributed by atoms with Gasteiger partial charge in [-0.3, -0.25) is 4.68 Å². The van der Waals surface area contributed by atoms with Crippen molar-refractivity contribution in [1.29, 1.82) is 0 Å². The minimum absolute atomic E-state index is 0.389. The van der Waals surface area contributed by atoms with E-state index in [-0.39, 0.29) is 0 Å². The molecule has 1 heterocycles. The van der Waals surface area contributed by atoms with Gasteiger partial charge in [0.1, 0.15) is 10.8 Å². The zero-order chi connectivity index (χ0) is 13.3. The molecule has 94 valence electrons. The van der Waals surface area contributed by atoms with Crippen LogP contribution in [0.5, 0.6) is 0 Å². The molecule has 0 unspecified atom stereocenters. The van der Waals surface area contributed by atoms with Crippen molar-refractivity contribution < 1.29 is 0 Å². The third kappa shape index (κ3) is 2.36. The molecule has 0 fully saturated rings. The van der Waals surface area contributed by atoms with Gasteiger partial charge in [0, 0.05) is 18.7 Å². The molecule has 0 bridgehead atoms. The van der Waals surface area contributed by atoms with Gasteiger partial charge in [-0.15, -0.1) is 0 Å². The Balaban J connectivity index is 2.45. The van der Waals surface area contributed by atoms with Crippen LogP contribution in [-0.2, 0) is 7.05 Å². The summed E-state index contributed by atoms with van der Waals surface area (Å²) in [5, 5.41) is 7.65. The first-order valence-corrected chi connectivity index (χ1v) is 6.07. The standard InChI is InChI=1S/C13H16N4S/c1-8-5-4-6-10(13(14)18)12(8)15-11-7-9(2)16-17(11)3/h4-7,15H,1-3H3,(H2,14,18). The number of aryl methyl sites for hydroxylation is 3. The predicted octanol–water partition coefficient (Wildman–Crippen LogP) is 2.41. The number of para-hydroxylation sites is 1. The van der Waals surface area contributed by atoms with E-state index in [2.05, 4.69) is 10.4 Å². The Bertz CT molecular complexity index is 601. The second kappa shape index (κ2) is 4.78. The normalized spacial score (nSPS) is 10.4. The summed E-state index contributed by atoms with van der Waals surface area (Å²) in [6, 6.07) is 7.87. The van der Waals surface area contributed by atoms with Crippen molar-refractivity contribution in [3.8, 4) is 0 Å². The van der Waals surface area contributed by atoms with E-state index in [0.717, 1.165) is 28.3 Å². The van der Waals surface area contributed by atoms with Crippen LogP contribution in [0.15, 0.2) is 24.3 Å². The van der Waals surface area contributed by atoms with Crippen LogP contribution in [0.1, 0.15) is 16.8 Å². The highest BCUT2D eigenvalue weighted by Gasteiger charge is 2.10. The Morgan fingerprint density at radius 1 is 1.39 bits per heavy atom. The van der Waals surface area contributed by atoms with Crippen molar-refractivity contribution in [1.82, 2.24) is 9.78 Å². The van der Waals surface area contributed by atoms with Gasteiger partial charge in [-0.2, -0.15) is 5.10 Å². The van der Waals surface area contributed by atoms with E-state index in [4.69, 9.17) is 18.0 Å². The predicted molar refractivity (Wildman–Crippen MR) is 78.3 cm³/mol. The van der Waals surface area contributed by atoms with Crippen molar-refractivity contribution in [2.24, 2.45) is 12.8 Å². The smallest absolute Gasteiger partial charge is 0.128 e. The zero-order valence-electron chi connectivity index (χ0n) is 10.7. The maximum Gasteiger partial charge on any atom is 0.128 e. The number of thiocarbonyl (C=S) groups is 1. The molecular weight excluding hydrogens is 244 g/mol. The molecule has 3 N–H and O–H groups in total. The van der Waals surface area contributed by atoms with E-state index in [0.29, 0.717) is 4.99 Å². The summed E-state index contributed by atoms with van der Waals surface area (Å²) < 4.78 is 1.80. The maximum absolute atomic E-state index is 5.75. The molecule has 0 aliphatic heterocycles. The van der Waals surface area contributed by atoms with Crippen LogP contribution in [0.2, 0.25) is 0 Å². The van der Waals surface area contributed by atoms with Gasteiger partial charge < -0.3 is 11.1 Å². The van der Waals surface area contributed by atoms with Crippen LogP contribution in [-0.4, -0.2) is 14.8 Å². The van der Waals surface area contributed by atoms with E-state index < -0.39 is 0 Å². The monoisotopic (exact) mass is 260 g/mol. The quantitative estimate of drug-likeness (QED) is 0.832. The molecular formula is C13H16N4S. The first kappa shape index (κ1) is 12.6. The van der Waals surface area contributed by atoms with Crippen LogP contribution in [0.3, 0.4) is 0 Å². The first-order chi connectivity index (χ1) is 8.49. The fourth-order valence-corrected chi connectivity index (χ4v) is 2.06. The summed E-state index contributed by atoms with van der Waals surface area (Å²) in [5.41, 5.74) is 9.60. The lowest BCUT2D eigenvalue weighted by Gasteiger charge is -2.13. The molecule has 0 aliphatic rings. The summed E-state index contributed by atoms with van der Waals surface area (Å²) in [4.78, 5) is 0.389. The molecule has 18 heavy (non-hydrogen) atoms. The molecule has 2 rings (SSSR count). The maximum atomic E-state index is 5.75. The summed E-state index contributed by atoms with van der Waals surface area (Å²) in [7, 11) is 1.90. The summed E-state index contributed by atoms with van der Waals surface area (Å²) in [6.45, 7) is 3.98. The molecule has 2 aromatic rings. The summed E-state index contributed by atoms with van der Waals surface area (Å²) >= 11 is 5.08. The molecule has 0 saturated carbocycles. The lowest BCUT2D eigenvalue weighted by Crippen LogP contribution is -2.13. The van der Waals surface area contributed by atoms with Crippen LogP contribution >= 0.6 is 12.2 Å². The number of benzene rings is 1. The molecule has 0 spiro atoms. The summed E-state index contributed by atoms with van der Waals surface area (Å²) in [6.07, 6.45) is 0. The summed E-state index contributed by atoms with van der Waals surface area (Å²) in [5.74, 6) is 0.916. The highest BCUT2D eigenvalue weighted by molar-refractivity contribution is 7.80. The number of nitrogens with one attached hydrogen (secondary N) is 1. The topological polar surface area (TPSA) is 55.9 Å². The number of hydrogen-bond acceptors (Lipinski definition) is 3. The second-order valence-corrected chi connectivity index (χ2v) is 4.72. The number of aromatic nitrogens is 2. The SMILES string of the molecule is Cc1cc(Nc2c(C)cccc2C(N)=S)n(C)n1. The molecule has 0 saturated heterocycles. The largest absolute Gasteiger partial charge is 0.389 e. The van der Waals surface area contributed by atoms with E-state index >= 15 is 0 Å². The van der Waals surface area contributed by atoms with E-state index in [1.165, 1.54) is 0 Å². The van der Waals surface area contributed by atoms with Gasteiger partial charge in [0.25, 0.3) is 0 Å². The van der Waals surface area contributed by atoms with Crippen molar-refractivity contribution in [2.45, 2.75) is 13.8 Å². The average molecular weight is 260 g/mol. The van der Waals surface area contributed by atoms with Crippen molar-refractivity contribution >= 4 is 28.7 Å². The first-order valence-electron chi connectivity index (χ1n) is 5.66. The van der Waals surface area contributed by atoms with Gasteiger partial charge in [0.15, 0.2) is 0 Å². The Labute approximate surface area is 112 Å². The molecule has 1 aromatic heterocycles. The van der Waals surface area contributed by atoms with Crippen molar-refractivity contribution in [3.05, 3.63) is 41.1 Å². The minimum atomic E-state index is 0.389. The van der Waals surface area contributed by atoms with Crippen LogP contribution in [0.4, 0.5) is 11.5 Å². The van der Waals surface area contributed by atoms with Gasteiger partial charge in [-0.25, -0.2) is 0 Å². The Hall–Kier alpha value is -1.88. The van der Waals surface area contributed by atoms with Crippen LogP contribution in [0.25, 0.3) is 0 Å².